The number of Topliss-reactive ketones (excluding diaryl/α,β-unsaturated/α-hetero) is 1. The van der Waals surface area contributed by atoms with Gasteiger partial charge in [-0.2, -0.15) is 0 Å². The van der Waals surface area contributed by atoms with Crippen molar-refractivity contribution < 1.29 is 18.4 Å². The Morgan fingerprint density at radius 2 is 1.90 bits per heavy atom. The summed E-state index contributed by atoms with van der Waals surface area (Å²) >= 11 is 5.31. The summed E-state index contributed by atoms with van der Waals surface area (Å²) < 4.78 is 26.0. The molecule has 0 saturated heterocycles. The molecule has 1 N–H and O–H groups in total. The molecule has 2 aliphatic rings. The van der Waals surface area contributed by atoms with Crippen LogP contribution in [-0.4, -0.2) is 24.1 Å². The molecule has 1 saturated carbocycles. The van der Waals surface area contributed by atoms with Crippen LogP contribution >= 0.6 is 11.6 Å². The molecule has 0 radical (unpaired) electrons. The molecule has 1 unspecified atom stereocenters. The van der Waals surface area contributed by atoms with E-state index in [2.05, 4.69) is 35.7 Å². The highest BCUT2D eigenvalue weighted by Crippen LogP contribution is 2.29. The molecular formula is C23H26ClF2NO2. The second-order valence-electron chi connectivity index (χ2n) is 6.94. The highest BCUT2D eigenvalue weighted by molar-refractivity contribution is 6.18. The molecule has 0 spiro atoms. The van der Waals surface area contributed by atoms with E-state index in [1.165, 1.54) is 18.1 Å². The van der Waals surface area contributed by atoms with E-state index in [0.717, 1.165) is 44.2 Å². The number of allylic oxidation sites excluding steroid dienone is 6. The molecule has 29 heavy (non-hydrogen) atoms. The predicted molar refractivity (Wildman–Crippen MR) is 112 cm³/mol. The lowest BCUT2D eigenvalue weighted by molar-refractivity contribution is -0.118. The third-order valence-corrected chi connectivity index (χ3v) is 5.04. The first-order valence-corrected chi connectivity index (χ1v) is 10.4. The fourth-order valence-corrected chi connectivity index (χ4v) is 3.44. The van der Waals surface area contributed by atoms with Crippen molar-refractivity contribution >= 4 is 23.3 Å². The monoisotopic (exact) mass is 421 g/mol. The van der Waals surface area contributed by atoms with Crippen LogP contribution in [0.4, 0.5) is 8.78 Å². The lowest BCUT2D eigenvalue weighted by Gasteiger charge is -2.14. The van der Waals surface area contributed by atoms with E-state index in [9.17, 15) is 18.4 Å². The smallest absolute Gasteiger partial charge is 0.257 e. The van der Waals surface area contributed by atoms with Gasteiger partial charge in [-0.25, -0.2) is 8.78 Å². The second kappa shape index (κ2) is 12.3. The third-order valence-electron chi connectivity index (χ3n) is 4.85. The number of alkyl halides is 1. The van der Waals surface area contributed by atoms with Crippen molar-refractivity contribution in [2.24, 2.45) is 5.92 Å². The van der Waals surface area contributed by atoms with E-state index in [-0.39, 0.29) is 12.4 Å². The van der Waals surface area contributed by atoms with Crippen molar-refractivity contribution in [2.75, 3.05) is 12.4 Å². The maximum absolute atomic E-state index is 13.0. The number of hydrogen-bond acceptors (Lipinski definition) is 2. The molecule has 1 amide bonds. The van der Waals surface area contributed by atoms with Gasteiger partial charge in [0.1, 0.15) is 23.0 Å². The van der Waals surface area contributed by atoms with Gasteiger partial charge >= 0.3 is 0 Å². The Bertz CT molecular complexity index is 782. The normalized spacial score (nSPS) is 18.8. The number of hydrogen-bond donors (Lipinski definition) is 1. The number of carbonyl (C=O) groups excluding carboxylic acids is 2. The van der Waals surface area contributed by atoms with E-state index < -0.39 is 23.1 Å². The molecule has 3 nitrogen and oxygen atoms in total. The van der Waals surface area contributed by atoms with Gasteiger partial charge in [0, 0.05) is 25.3 Å². The number of benzene rings is 1. The van der Waals surface area contributed by atoms with E-state index in [1.807, 2.05) is 0 Å². The minimum Gasteiger partial charge on any atom is -0.351 e. The Morgan fingerprint density at radius 1 is 1.14 bits per heavy atom. The summed E-state index contributed by atoms with van der Waals surface area (Å²) in [6.45, 7) is 0.175. The quantitative estimate of drug-likeness (QED) is 0.514. The van der Waals surface area contributed by atoms with Gasteiger partial charge in [0.2, 0.25) is 0 Å². The standard InChI is InChI=1S/C14H18O.C9H8ClF2NO/c15-14-9-5-8-13(10-11-14)12-6-3-1-2-4-7-12;10-4-5-13-9(14)8-6(11)2-1-3-7(8)12/h1-3,6-7,13H,4-5,8-11H2;1-3H,4-5H2,(H,13,14). The van der Waals surface area contributed by atoms with Gasteiger partial charge in [0.25, 0.3) is 5.91 Å². The molecular weight excluding hydrogens is 396 g/mol. The van der Waals surface area contributed by atoms with Crippen LogP contribution in [0.5, 0.6) is 0 Å². The number of rotatable bonds is 4. The fraction of sp³-hybridized carbons (Fsp3) is 0.391. The van der Waals surface area contributed by atoms with Gasteiger partial charge in [0.05, 0.1) is 0 Å². The fourth-order valence-electron chi connectivity index (χ4n) is 3.35. The SMILES string of the molecule is O=C(NCCCl)c1c(F)cccc1F.O=C1CCCC(C2=CCC=CC=C2)CC1. The largest absolute Gasteiger partial charge is 0.351 e. The summed E-state index contributed by atoms with van der Waals surface area (Å²) in [6, 6.07) is 3.25. The van der Waals surface area contributed by atoms with Gasteiger partial charge < -0.3 is 5.32 Å². The molecule has 0 heterocycles. The van der Waals surface area contributed by atoms with Crippen LogP contribution in [-0.2, 0) is 4.79 Å². The molecule has 1 aromatic rings. The summed E-state index contributed by atoms with van der Waals surface area (Å²) in [6.07, 6.45) is 16.8. The van der Waals surface area contributed by atoms with Crippen LogP contribution in [0.15, 0.2) is 54.2 Å². The first kappa shape index (κ1) is 23.0. The molecule has 156 valence electrons. The summed E-state index contributed by atoms with van der Waals surface area (Å²) in [7, 11) is 0. The molecule has 0 bridgehead atoms. The summed E-state index contributed by atoms with van der Waals surface area (Å²) in [5.74, 6) is -1.28. The molecule has 1 aromatic carbocycles. The molecule has 1 atom stereocenters. The van der Waals surface area contributed by atoms with Crippen molar-refractivity contribution in [1.82, 2.24) is 5.32 Å². The Hall–Kier alpha value is -2.27. The Labute approximate surface area is 175 Å². The number of amides is 1. The number of halogens is 3. The van der Waals surface area contributed by atoms with Crippen molar-refractivity contribution in [1.29, 1.82) is 0 Å². The Balaban J connectivity index is 0.000000208. The molecule has 0 aromatic heterocycles. The summed E-state index contributed by atoms with van der Waals surface area (Å²) in [5, 5.41) is 2.28. The van der Waals surface area contributed by atoms with Gasteiger partial charge in [0.15, 0.2) is 0 Å². The number of ketones is 1. The molecule has 1 fully saturated rings. The van der Waals surface area contributed by atoms with Crippen LogP contribution in [0.1, 0.15) is 48.9 Å². The zero-order chi connectivity index (χ0) is 21.1. The van der Waals surface area contributed by atoms with E-state index in [4.69, 9.17) is 11.6 Å². The minimum absolute atomic E-state index is 0.175. The highest BCUT2D eigenvalue weighted by atomic mass is 35.5. The first-order valence-electron chi connectivity index (χ1n) is 9.86. The molecule has 2 aliphatic carbocycles. The molecule has 0 aliphatic heterocycles. The molecule has 3 rings (SSSR count). The summed E-state index contributed by atoms with van der Waals surface area (Å²) in [5.41, 5.74) is 0.868. The number of nitrogens with one attached hydrogen (secondary N) is 1. The van der Waals surface area contributed by atoms with Crippen molar-refractivity contribution in [3.8, 4) is 0 Å². The van der Waals surface area contributed by atoms with Gasteiger partial charge in [-0.15, -0.1) is 11.6 Å². The third kappa shape index (κ3) is 7.58. The van der Waals surface area contributed by atoms with Crippen molar-refractivity contribution in [3.05, 3.63) is 71.4 Å². The topological polar surface area (TPSA) is 46.2 Å². The van der Waals surface area contributed by atoms with Crippen LogP contribution in [0, 0.1) is 17.6 Å². The Morgan fingerprint density at radius 3 is 2.62 bits per heavy atom. The summed E-state index contributed by atoms with van der Waals surface area (Å²) in [4.78, 5) is 22.5. The van der Waals surface area contributed by atoms with Gasteiger partial charge in [-0.05, 0) is 49.3 Å². The Kier molecular flexibility index (Phi) is 9.78. The minimum atomic E-state index is -0.878. The van der Waals surface area contributed by atoms with Crippen LogP contribution in [0.25, 0.3) is 0 Å². The zero-order valence-corrected chi connectivity index (χ0v) is 17.1. The second-order valence-corrected chi connectivity index (χ2v) is 7.31. The van der Waals surface area contributed by atoms with Gasteiger partial charge in [-0.1, -0.05) is 36.4 Å². The lowest BCUT2D eigenvalue weighted by Crippen LogP contribution is -2.27. The maximum atomic E-state index is 13.0. The van der Waals surface area contributed by atoms with E-state index in [1.54, 1.807) is 0 Å². The molecule has 6 heteroatoms. The van der Waals surface area contributed by atoms with E-state index >= 15 is 0 Å². The average Bonchev–Trinajstić information content (AvgIpc) is 3.09. The van der Waals surface area contributed by atoms with Crippen LogP contribution in [0.3, 0.4) is 0 Å². The van der Waals surface area contributed by atoms with Crippen LogP contribution in [0.2, 0.25) is 0 Å². The van der Waals surface area contributed by atoms with Crippen molar-refractivity contribution in [3.63, 3.8) is 0 Å². The lowest BCUT2D eigenvalue weighted by atomic mass is 9.91. The zero-order valence-electron chi connectivity index (χ0n) is 16.3. The predicted octanol–water partition coefficient (Wildman–Crippen LogP) is 5.51. The maximum Gasteiger partial charge on any atom is 0.257 e. The average molecular weight is 422 g/mol. The van der Waals surface area contributed by atoms with Crippen LogP contribution < -0.4 is 5.32 Å². The van der Waals surface area contributed by atoms with E-state index in [0.29, 0.717) is 11.7 Å². The first-order chi connectivity index (χ1) is 14.0. The van der Waals surface area contributed by atoms with Crippen molar-refractivity contribution in [2.45, 2.75) is 38.5 Å². The van der Waals surface area contributed by atoms with Gasteiger partial charge in [-0.3, -0.25) is 9.59 Å². The number of carbonyl (C=O) groups is 2. The highest BCUT2D eigenvalue weighted by Gasteiger charge is 2.18.